The lowest BCUT2D eigenvalue weighted by molar-refractivity contribution is -0.128. The minimum absolute atomic E-state index is 0.277. The van der Waals surface area contributed by atoms with E-state index in [1.54, 1.807) is 0 Å². The average molecular weight is 252 g/mol. The molecule has 0 bridgehead atoms. The molecule has 1 aromatic rings. The summed E-state index contributed by atoms with van der Waals surface area (Å²) < 4.78 is 0. The Morgan fingerprint density at radius 2 is 2.00 bits per heavy atom. The van der Waals surface area contributed by atoms with Crippen LogP contribution in [-0.4, -0.2) is 17.4 Å². The number of benzene rings is 1. The number of hydrogen-bond acceptors (Lipinski definition) is 1. The number of likely N-dealkylation sites (tertiary alicyclic amines) is 1. The van der Waals surface area contributed by atoms with Crippen LogP contribution in [0.4, 0.5) is 0 Å². The molecule has 0 N–H and O–H groups in total. The van der Waals surface area contributed by atoms with Crippen LogP contribution in [0.2, 0.25) is 5.02 Å². The highest BCUT2D eigenvalue weighted by molar-refractivity contribution is 6.30. The lowest BCUT2D eigenvalue weighted by atomic mass is 9.95. The number of carbonyl (C=O) groups is 1. The molecule has 0 spiro atoms. The van der Waals surface area contributed by atoms with Crippen molar-refractivity contribution in [3.05, 3.63) is 34.9 Å². The van der Waals surface area contributed by atoms with Crippen molar-refractivity contribution in [3.8, 4) is 0 Å². The van der Waals surface area contributed by atoms with Crippen molar-refractivity contribution in [2.24, 2.45) is 11.8 Å². The highest BCUT2D eigenvalue weighted by atomic mass is 35.5. The van der Waals surface area contributed by atoms with E-state index >= 15 is 0 Å². The first-order chi connectivity index (χ1) is 8.06. The van der Waals surface area contributed by atoms with Gasteiger partial charge in [-0.3, -0.25) is 4.79 Å². The second kappa shape index (κ2) is 5.09. The van der Waals surface area contributed by atoms with Crippen molar-refractivity contribution in [1.82, 2.24) is 4.90 Å². The van der Waals surface area contributed by atoms with Gasteiger partial charge in [0.1, 0.15) is 0 Å². The molecule has 1 atom stereocenters. The van der Waals surface area contributed by atoms with Gasteiger partial charge in [-0.15, -0.1) is 0 Å². The lowest BCUT2D eigenvalue weighted by Crippen LogP contribution is -2.25. The first kappa shape index (κ1) is 12.4. The second-order valence-corrected chi connectivity index (χ2v) is 5.55. The molecule has 1 saturated heterocycles. The van der Waals surface area contributed by atoms with E-state index in [-0.39, 0.29) is 5.91 Å². The van der Waals surface area contributed by atoms with Crippen LogP contribution < -0.4 is 0 Å². The van der Waals surface area contributed by atoms with Crippen LogP contribution in [0.5, 0.6) is 0 Å². The molecule has 2 rings (SSSR count). The number of carbonyl (C=O) groups excluding carboxylic acids is 1. The predicted octanol–water partition coefficient (Wildman–Crippen LogP) is 3.34. The summed E-state index contributed by atoms with van der Waals surface area (Å²) in [5, 5.41) is 0.738. The second-order valence-electron chi connectivity index (χ2n) is 5.11. The average Bonchev–Trinajstić information content (AvgIpc) is 2.64. The van der Waals surface area contributed by atoms with Gasteiger partial charge in [-0.1, -0.05) is 37.6 Å². The summed E-state index contributed by atoms with van der Waals surface area (Å²) in [5.74, 6) is 1.36. The molecule has 1 amide bonds. The van der Waals surface area contributed by atoms with Crippen LogP contribution in [0.3, 0.4) is 0 Å². The first-order valence-electron chi connectivity index (χ1n) is 6.08. The van der Waals surface area contributed by atoms with Gasteiger partial charge in [0, 0.05) is 24.5 Å². The molecule has 0 saturated carbocycles. The molecule has 0 aliphatic carbocycles. The molecule has 2 nitrogen and oxygen atoms in total. The van der Waals surface area contributed by atoms with Crippen molar-refractivity contribution < 1.29 is 4.79 Å². The van der Waals surface area contributed by atoms with Gasteiger partial charge in [-0.05, 0) is 29.5 Å². The zero-order valence-electron chi connectivity index (χ0n) is 10.3. The van der Waals surface area contributed by atoms with Crippen LogP contribution in [0, 0.1) is 11.8 Å². The van der Waals surface area contributed by atoms with Crippen LogP contribution in [-0.2, 0) is 11.3 Å². The van der Waals surface area contributed by atoms with Gasteiger partial charge in [-0.25, -0.2) is 0 Å². The quantitative estimate of drug-likeness (QED) is 0.807. The van der Waals surface area contributed by atoms with Gasteiger partial charge in [-0.2, -0.15) is 0 Å². The number of amides is 1. The van der Waals surface area contributed by atoms with Crippen molar-refractivity contribution >= 4 is 17.5 Å². The van der Waals surface area contributed by atoms with Crippen LogP contribution in [0.15, 0.2) is 24.3 Å². The zero-order valence-corrected chi connectivity index (χ0v) is 11.1. The largest absolute Gasteiger partial charge is 0.338 e. The molecule has 0 radical (unpaired) electrons. The lowest BCUT2D eigenvalue weighted by Gasteiger charge is -2.18. The Balaban J connectivity index is 2.00. The minimum atomic E-state index is 0.277. The molecule has 1 unspecified atom stereocenters. The summed E-state index contributed by atoms with van der Waals surface area (Å²) in [5.41, 5.74) is 1.15. The normalized spacial score (nSPS) is 20.4. The Bertz CT molecular complexity index is 399. The molecule has 1 aliphatic rings. The maximum absolute atomic E-state index is 11.9. The van der Waals surface area contributed by atoms with E-state index in [4.69, 9.17) is 11.6 Å². The molecule has 3 heteroatoms. The third-order valence-electron chi connectivity index (χ3n) is 3.47. The molecular formula is C14H18ClNO. The van der Waals surface area contributed by atoms with Crippen molar-refractivity contribution in [2.75, 3.05) is 6.54 Å². The minimum Gasteiger partial charge on any atom is -0.338 e. The highest BCUT2D eigenvalue weighted by Gasteiger charge is 2.31. The monoisotopic (exact) mass is 251 g/mol. The summed E-state index contributed by atoms with van der Waals surface area (Å²) in [6.45, 7) is 5.96. The third-order valence-corrected chi connectivity index (χ3v) is 3.73. The molecule has 0 aromatic heterocycles. The molecule has 1 fully saturated rings. The summed E-state index contributed by atoms with van der Waals surface area (Å²) in [6.07, 6.45) is 0.700. The van der Waals surface area contributed by atoms with E-state index in [9.17, 15) is 4.79 Å². The van der Waals surface area contributed by atoms with Gasteiger partial charge in [0.15, 0.2) is 0 Å². The summed E-state index contributed by atoms with van der Waals surface area (Å²) >= 11 is 5.84. The van der Waals surface area contributed by atoms with E-state index in [0.29, 0.717) is 24.8 Å². The smallest absolute Gasteiger partial charge is 0.223 e. The number of hydrogen-bond donors (Lipinski definition) is 0. The van der Waals surface area contributed by atoms with Crippen molar-refractivity contribution in [2.45, 2.75) is 26.8 Å². The predicted molar refractivity (Wildman–Crippen MR) is 69.8 cm³/mol. The number of halogens is 1. The zero-order chi connectivity index (χ0) is 12.4. The molecule has 92 valence electrons. The first-order valence-corrected chi connectivity index (χ1v) is 6.46. The maximum atomic E-state index is 11.9. The van der Waals surface area contributed by atoms with E-state index in [1.165, 1.54) is 0 Å². The van der Waals surface area contributed by atoms with E-state index in [2.05, 4.69) is 13.8 Å². The van der Waals surface area contributed by atoms with Crippen molar-refractivity contribution in [3.63, 3.8) is 0 Å². The SMILES string of the molecule is CC(C)C1CC(=O)N(Cc2ccc(Cl)cc2)C1. The van der Waals surface area contributed by atoms with Gasteiger partial charge < -0.3 is 4.90 Å². The van der Waals surface area contributed by atoms with Gasteiger partial charge >= 0.3 is 0 Å². The van der Waals surface area contributed by atoms with Crippen LogP contribution in [0.25, 0.3) is 0 Å². The Morgan fingerprint density at radius 3 is 2.53 bits per heavy atom. The molecule has 1 aliphatic heterocycles. The fraction of sp³-hybridized carbons (Fsp3) is 0.500. The Kier molecular flexibility index (Phi) is 3.72. The summed E-state index contributed by atoms with van der Waals surface area (Å²) in [4.78, 5) is 13.8. The molecular weight excluding hydrogens is 234 g/mol. The topological polar surface area (TPSA) is 20.3 Å². The third kappa shape index (κ3) is 3.01. The maximum Gasteiger partial charge on any atom is 0.223 e. The number of nitrogens with zero attached hydrogens (tertiary/aromatic N) is 1. The van der Waals surface area contributed by atoms with E-state index < -0.39 is 0 Å². The van der Waals surface area contributed by atoms with Crippen LogP contribution >= 0.6 is 11.6 Å². The molecule has 1 aromatic carbocycles. The standard InChI is InChI=1S/C14H18ClNO/c1-10(2)12-7-14(17)16(9-12)8-11-3-5-13(15)6-4-11/h3-6,10,12H,7-9H2,1-2H3. The fourth-order valence-electron chi connectivity index (χ4n) is 2.21. The highest BCUT2D eigenvalue weighted by Crippen LogP contribution is 2.26. The van der Waals surface area contributed by atoms with E-state index in [0.717, 1.165) is 17.1 Å². The van der Waals surface area contributed by atoms with Gasteiger partial charge in [0.25, 0.3) is 0 Å². The summed E-state index contributed by atoms with van der Waals surface area (Å²) in [7, 11) is 0. The molecule has 17 heavy (non-hydrogen) atoms. The van der Waals surface area contributed by atoms with Gasteiger partial charge in [0.05, 0.1) is 0 Å². The fourth-order valence-corrected chi connectivity index (χ4v) is 2.34. The van der Waals surface area contributed by atoms with Crippen molar-refractivity contribution in [1.29, 1.82) is 0 Å². The number of rotatable bonds is 3. The van der Waals surface area contributed by atoms with Gasteiger partial charge in [0.2, 0.25) is 5.91 Å². The van der Waals surface area contributed by atoms with Crippen LogP contribution in [0.1, 0.15) is 25.8 Å². The summed E-state index contributed by atoms with van der Waals surface area (Å²) in [6, 6.07) is 7.71. The Morgan fingerprint density at radius 1 is 1.35 bits per heavy atom. The Labute approximate surface area is 108 Å². The Hall–Kier alpha value is -1.02. The molecule has 1 heterocycles. The van der Waals surface area contributed by atoms with E-state index in [1.807, 2.05) is 29.2 Å².